The van der Waals surface area contributed by atoms with Crippen molar-refractivity contribution in [1.29, 1.82) is 0 Å². The minimum absolute atomic E-state index is 0.334. The molecule has 1 saturated carbocycles. The summed E-state index contributed by atoms with van der Waals surface area (Å²) in [5.74, 6) is 0.204. The maximum absolute atomic E-state index is 13.3. The second-order valence-electron chi connectivity index (χ2n) is 11.0. The molecule has 2 aromatic rings. The fraction of sp³-hybridized carbons (Fsp3) is 0.533. The zero-order valence-electron chi connectivity index (χ0n) is 22.4. The monoisotopic (exact) mass is 511 g/mol. The van der Waals surface area contributed by atoms with Gasteiger partial charge in [-0.3, -0.25) is 4.79 Å². The van der Waals surface area contributed by atoms with Gasteiger partial charge in [0.25, 0.3) is 5.91 Å². The fourth-order valence-electron chi connectivity index (χ4n) is 5.30. The van der Waals surface area contributed by atoms with Crippen molar-refractivity contribution in [2.24, 2.45) is 5.92 Å². The smallest absolute Gasteiger partial charge is 0.326 e. The van der Waals surface area contributed by atoms with E-state index < -0.39 is 12.0 Å². The Balaban J connectivity index is 1.84. The summed E-state index contributed by atoms with van der Waals surface area (Å²) in [5.41, 5.74) is 4.68. The Hall–Kier alpha value is -2.31. The number of carboxylic acid groups (broad SMARTS) is 1. The van der Waals surface area contributed by atoms with Crippen LogP contribution in [0, 0.1) is 12.8 Å². The number of amides is 1. The van der Waals surface area contributed by atoms with Crippen LogP contribution in [0.15, 0.2) is 42.5 Å². The Kier molecular flexibility index (Phi) is 10.4. The van der Waals surface area contributed by atoms with E-state index in [1.807, 2.05) is 49.6 Å². The van der Waals surface area contributed by atoms with Gasteiger partial charge in [-0.05, 0) is 66.5 Å². The van der Waals surface area contributed by atoms with Gasteiger partial charge < -0.3 is 14.9 Å². The Morgan fingerprint density at radius 1 is 1.08 bits per heavy atom. The van der Waals surface area contributed by atoms with E-state index in [-0.39, 0.29) is 5.91 Å². The van der Waals surface area contributed by atoms with Gasteiger partial charge in [0.2, 0.25) is 0 Å². The van der Waals surface area contributed by atoms with Crippen LogP contribution in [0.2, 0.25) is 0 Å². The summed E-state index contributed by atoms with van der Waals surface area (Å²) in [6, 6.07) is 13.2. The number of carboxylic acids is 1. The highest BCUT2D eigenvalue weighted by Gasteiger charge is 2.25. The van der Waals surface area contributed by atoms with Crippen molar-refractivity contribution in [2.45, 2.75) is 64.5 Å². The van der Waals surface area contributed by atoms with Gasteiger partial charge in [-0.2, -0.15) is 11.8 Å². The van der Waals surface area contributed by atoms with E-state index in [4.69, 9.17) is 0 Å². The molecule has 1 atom stereocenters. The van der Waals surface area contributed by atoms with E-state index >= 15 is 0 Å². The second kappa shape index (κ2) is 13.3. The topological polar surface area (TPSA) is 66.4 Å². The van der Waals surface area contributed by atoms with Crippen LogP contribution in [0.3, 0.4) is 0 Å². The predicted molar refractivity (Wildman–Crippen MR) is 150 cm³/mol. The third-order valence-electron chi connectivity index (χ3n) is 7.46. The minimum Gasteiger partial charge on any atom is -0.480 e. The largest absolute Gasteiger partial charge is 0.480 e. The van der Waals surface area contributed by atoms with E-state index in [2.05, 4.69) is 25.5 Å². The molecule has 0 spiro atoms. The van der Waals surface area contributed by atoms with Gasteiger partial charge in [0.05, 0.1) is 20.6 Å². The van der Waals surface area contributed by atoms with Crippen molar-refractivity contribution < 1.29 is 19.2 Å². The van der Waals surface area contributed by atoms with Gasteiger partial charge in [0, 0.05) is 11.1 Å². The van der Waals surface area contributed by atoms with Gasteiger partial charge >= 0.3 is 5.97 Å². The number of rotatable bonds is 12. The Morgan fingerprint density at radius 2 is 1.81 bits per heavy atom. The molecule has 1 amide bonds. The molecule has 0 aliphatic heterocycles. The van der Waals surface area contributed by atoms with E-state index in [1.54, 1.807) is 11.8 Å². The highest BCUT2D eigenvalue weighted by molar-refractivity contribution is 7.98. The number of quaternary nitrogens is 1. The second-order valence-corrected chi connectivity index (χ2v) is 11.9. The van der Waals surface area contributed by atoms with Gasteiger partial charge in [0.15, 0.2) is 0 Å². The molecule has 0 radical (unpaired) electrons. The van der Waals surface area contributed by atoms with Gasteiger partial charge in [-0.1, -0.05) is 62.4 Å². The standard InChI is InChI=1S/C30H42N2O3S/c1-22-10-8-9-13-25(22)27-20-24(21-32(2,3)18-16-23-11-6-5-7-12-23)14-15-26(27)29(33)31-28(30(34)35)17-19-36-4/h8-10,13-15,20,23,28H,5-7,11-12,16-19,21H2,1-4H3,(H-,31,33,34,35)/p+1. The molecule has 1 fully saturated rings. The average Bonchev–Trinajstić information content (AvgIpc) is 2.85. The first-order valence-corrected chi connectivity index (χ1v) is 14.6. The van der Waals surface area contributed by atoms with Crippen molar-refractivity contribution in [3.8, 4) is 11.1 Å². The number of carbonyl (C=O) groups excluding carboxylic acids is 1. The first-order chi connectivity index (χ1) is 17.2. The molecule has 2 N–H and O–H groups in total. The Bertz CT molecular complexity index is 1030. The van der Waals surface area contributed by atoms with Crippen molar-refractivity contribution >= 4 is 23.6 Å². The zero-order valence-corrected chi connectivity index (χ0v) is 23.2. The molecule has 3 rings (SSSR count). The van der Waals surface area contributed by atoms with Crippen LogP contribution in [-0.4, -0.2) is 60.2 Å². The van der Waals surface area contributed by atoms with Crippen LogP contribution in [0.4, 0.5) is 0 Å². The number of aryl methyl sites for hydroxylation is 1. The van der Waals surface area contributed by atoms with Crippen LogP contribution in [-0.2, 0) is 11.3 Å². The third kappa shape index (κ3) is 8.10. The summed E-state index contributed by atoms with van der Waals surface area (Å²) in [7, 11) is 4.58. The lowest BCUT2D eigenvalue weighted by Gasteiger charge is -2.32. The molecule has 1 aliphatic rings. The number of carbonyl (C=O) groups is 2. The molecule has 0 heterocycles. The Morgan fingerprint density at radius 3 is 2.47 bits per heavy atom. The molecular formula is C30H43N2O3S+. The van der Waals surface area contributed by atoms with Crippen LogP contribution in [0.1, 0.15) is 66.4 Å². The number of aliphatic carboxylic acids is 1. The summed E-state index contributed by atoms with van der Waals surface area (Å²) in [6.45, 7) is 4.08. The molecule has 36 heavy (non-hydrogen) atoms. The molecule has 6 heteroatoms. The van der Waals surface area contributed by atoms with E-state index in [1.165, 1.54) is 44.1 Å². The first-order valence-electron chi connectivity index (χ1n) is 13.2. The average molecular weight is 512 g/mol. The first kappa shape index (κ1) is 28.3. The zero-order chi connectivity index (χ0) is 26.1. The molecule has 2 aromatic carbocycles. The van der Waals surface area contributed by atoms with Crippen LogP contribution in [0.5, 0.6) is 0 Å². The molecule has 1 aliphatic carbocycles. The summed E-state index contributed by atoms with van der Waals surface area (Å²) < 4.78 is 0.908. The van der Waals surface area contributed by atoms with Crippen molar-refractivity contribution in [3.05, 3.63) is 59.2 Å². The predicted octanol–water partition coefficient (Wildman–Crippen LogP) is 6.14. The lowest BCUT2D eigenvalue weighted by atomic mass is 9.87. The third-order valence-corrected chi connectivity index (χ3v) is 8.10. The van der Waals surface area contributed by atoms with Gasteiger partial charge in [0.1, 0.15) is 12.6 Å². The van der Waals surface area contributed by atoms with Crippen molar-refractivity contribution in [2.75, 3.05) is 32.6 Å². The molecule has 0 saturated heterocycles. The fourth-order valence-corrected chi connectivity index (χ4v) is 5.77. The summed E-state index contributed by atoms with van der Waals surface area (Å²) in [4.78, 5) is 25.1. The maximum atomic E-state index is 13.3. The lowest BCUT2D eigenvalue weighted by molar-refractivity contribution is -0.904. The molecule has 0 aromatic heterocycles. The molecule has 1 unspecified atom stereocenters. The summed E-state index contributed by atoms with van der Waals surface area (Å²) in [5, 5.41) is 12.4. The SMILES string of the molecule is CSCCC(NC(=O)c1ccc(C[N+](C)(C)CCC2CCCCC2)cc1-c1ccccc1C)C(=O)O. The molecule has 5 nitrogen and oxygen atoms in total. The molecule has 196 valence electrons. The highest BCUT2D eigenvalue weighted by Crippen LogP contribution is 2.30. The normalized spacial score (nSPS) is 15.4. The number of hydrogen-bond acceptors (Lipinski definition) is 3. The minimum atomic E-state index is -0.997. The quantitative estimate of drug-likeness (QED) is 0.336. The number of nitrogens with one attached hydrogen (secondary N) is 1. The van der Waals surface area contributed by atoms with Crippen LogP contribution >= 0.6 is 11.8 Å². The van der Waals surface area contributed by atoms with E-state index in [0.717, 1.165) is 40.2 Å². The van der Waals surface area contributed by atoms with Crippen LogP contribution < -0.4 is 5.32 Å². The lowest BCUT2D eigenvalue weighted by Crippen LogP contribution is -2.41. The van der Waals surface area contributed by atoms with Gasteiger partial charge in [-0.15, -0.1) is 0 Å². The Labute approximate surface area is 221 Å². The number of thioether (sulfide) groups is 1. The summed E-state index contributed by atoms with van der Waals surface area (Å²) >= 11 is 1.58. The van der Waals surface area contributed by atoms with Crippen LogP contribution in [0.25, 0.3) is 11.1 Å². The van der Waals surface area contributed by atoms with E-state index in [9.17, 15) is 14.7 Å². The number of benzene rings is 2. The highest BCUT2D eigenvalue weighted by atomic mass is 32.2. The molecular weight excluding hydrogens is 468 g/mol. The van der Waals surface area contributed by atoms with Crippen molar-refractivity contribution in [3.63, 3.8) is 0 Å². The number of nitrogens with zero attached hydrogens (tertiary/aromatic N) is 1. The van der Waals surface area contributed by atoms with Crippen molar-refractivity contribution in [1.82, 2.24) is 5.32 Å². The maximum Gasteiger partial charge on any atom is 0.326 e. The van der Waals surface area contributed by atoms with Gasteiger partial charge in [-0.25, -0.2) is 4.79 Å². The molecule has 0 bridgehead atoms. The van der Waals surface area contributed by atoms with E-state index in [0.29, 0.717) is 17.7 Å². The number of hydrogen-bond donors (Lipinski definition) is 2. The summed E-state index contributed by atoms with van der Waals surface area (Å²) in [6.07, 6.45) is 10.5.